The third-order valence-electron chi connectivity index (χ3n) is 2.35. The number of carbonyl (C=O) groups excluding carboxylic acids is 2. The van der Waals surface area contributed by atoms with Gasteiger partial charge in [0.05, 0.1) is 18.2 Å². The number of benzene rings is 1. The molecule has 0 aliphatic heterocycles. The first-order valence-electron chi connectivity index (χ1n) is 5.94. The fraction of sp³-hybridized carbons (Fsp3) is 0.133. The van der Waals surface area contributed by atoms with Crippen molar-refractivity contribution in [2.45, 2.75) is 0 Å². The summed E-state index contributed by atoms with van der Waals surface area (Å²) in [5.74, 6) is -0.395. The van der Waals surface area contributed by atoms with Crippen molar-refractivity contribution >= 4 is 11.9 Å². The van der Waals surface area contributed by atoms with Crippen LogP contribution in [0.4, 0.5) is 0 Å². The highest BCUT2D eigenvalue weighted by molar-refractivity contribution is 5.93. The molecule has 0 saturated carbocycles. The molecule has 2 rings (SSSR count). The maximum absolute atomic E-state index is 10.9. The Labute approximate surface area is 117 Å². The number of nitrogens with one attached hydrogen (secondary N) is 1. The van der Waals surface area contributed by atoms with E-state index < -0.39 is 0 Å². The molecule has 1 amide bonds. The highest BCUT2D eigenvalue weighted by Crippen LogP contribution is 1.98. The molecule has 20 heavy (non-hydrogen) atoms. The molecular weight excluding hydrogens is 256 g/mol. The van der Waals surface area contributed by atoms with E-state index in [1.807, 2.05) is 6.07 Å². The standard InChI is InChI=1S/C8H8O2.C7H8N2O/c1-10-8(9)7-5-3-2-4-6-7;1-8-7(10)6-3-2-4-9-5-6/h2-6H,1H3;2-5H,1H3,(H,8,10). The Hall–Kier alpha value is -2.69. The van der Waals surface area contributed by atoms with Gasteiger partial charge in [0.1, 0.15) is 0 Å². The average molecular weight is 272 g/mol. The molecule has 0 spiro atoms. The lowest BCUT2D eigenvalue weighted by Gasteiger charge is -1.95. The Morgan fingerprint density at radius 2 is 1.70 bits per heavy atom. The number of aromatic nitrogens is 1. The number of rotatable bonds is 2. The number of amides is 1. The molecule has 5 nitrogen and oxygen atoms in total. The summed E-state index contributed by atoms with van der Waals surface area (Å²) in [5.41, 5.74) is 1.18. The lowest BCUT2D eigenvalue weighted by Crippen LogP contribution is -2.17. The number of methoxy groups -OCH3 is 1. The Bertz CT molecular complexity index is 490. The predicted octanol–water partition coefficient (Wildman–Crippen LogP) is 1.91. The van der Waals surface area contributed by atoms with Crippen LogP contribution in [0.1, 0.15) is 20.7 Å². The van der Waals surface area contributed by atoms with Gasteiger partial charge in [0, 0.05) is 19.4 Å². The minimum Gasteiger partial charge on any atom is -0.465 e. The second-order valence-electron chi connectivity index (χ2n) is 3.68. The normalized spacial score (nSPS) is 8.90. The highest BCUT2D eigenvalue weighted by Gasteiger charge is 2.00. The van der Waals surface area contributed by atoms with Gasteiger partial charge < -0.3 is 10.1 Å². The van der Waals surface area contributed by atoms with Gasteiger partial charge in [0.25, 0.3) is 5.91 Å². The van der Waals surface area contributed by atoms with E-state index in [0.717, 1.165) is 0 Å². The second kappa shape index (κ2) is 8.42. The maximum atomic E-state index is 10.9. The van der Waals surface area contributed by atoms with Gasteiger partial charge >= 0.3 is 5.97 Å². The molecule has 0 atom stereocenters. The van der Waals surface area contributed by atoms with Crippen LogP contribution in [0.2, 0.25) is 0 Å². The third kappa shape index (κ3) is 4.89. The molecule has 1 aromatic heterocycles. The number of ether oxygens (including phenoxy) is 1. The molecule has 0 saturated heterocycles. The largest absolute Gasteiger partial charge is 0.465 e. The van der Waals surface area contributed by atoms with Crippen molar-refractivity contribution in [2.75, 3.05) is 14.2 Å². The number of hydrogen-bond donors (Lipinski definition) is 1. The van der Waals surface area contributed by atoms with Crippen LogP contribution in [0.5, 0.6) is 0 Å². The quantitative estimate of drug-likeness (QED) is 0.848. The minimum atomic E-state index is -0.291. The van der Waals surface area contributed by atoms with E-state index in [0.29, 0.717) is 11.1 Å². The molecule has 5 heteroatoms. The summed E-state index contributed by atoms with van der Waals surface area (Å²) >= 11 is 0. The van der Waals surface area contributed by atoms with Crippen molar-refractivity contribution < 1.29 is 14.3 Å². The van der Waals surface area contributed by atoms with Crippen LogP contribution < -0.4 is 5.32 Å². The zero-order chi connectivity index (χ0) is 14.8. The number of carbonyl (C=O) groups is 2. The Balaban J connectivity index is 0.000000200. The molecule has 104 valence electrons. The van der Waals surface area contributed by atoms with Crippen LogP contribution in [0.3, 0.4) is 0 Å². The first-order valence-corrected chi connectivity index (χ1v) is 5.94. The van der Waals surface area contributed by atoms with Gasteiger partial charge in [-0.2, -0.15) is 0 Å². The first-order chi connectivity index (χ1) is 9.69. The average Bonchev–Trinajstić information content (AvgIpc) is 2.55. The molecule has 0 fully saturated rings. The summed E-state index contributed by atoms with van der Waals surface area (Å²) in [7, 11) is 2.96. The first kappa shape index (κ1) is 15.4. The molecule has 0 aliphatic carbocycles. The zero-order valence-corrected chi connectivity index (χ0v) is 11.4. The summed E-state index contributed by atoms with van der Waals surface area (Å²) in [6, 6.07) is 12.3. The number of esters is 1. The van der Waals surface area contributed by atoms with Gasteiger partial charge in [-0.1, -0.05) is 18.2 Å². The van der Waals surface area contributed by atoms with E-state index in [2.05, 4.69) is 15.0 Å². The SMILES string of the molecule is CNC(=O)c1cccnc1.COC(=O)c1ccccc1. The van der Waals surface area contributed by atoms with Crippen LogP contribution in [0.25, 0.3) is 0 Å². The van der Waals surface area contributed by atoms with Crippen molar-refractivity contribution in [3.05, 3.63) is 66.0 Å². The molecule has 0 aliphatic rings. The Kier molecular flexibility index (Phi) is 6.47. The number of pyridine rings is 1. The summed E-state index contributed by atoms with van der Waals surface area (Å²) in [5, 5.41) is 2.50. The Morgan fingerprint density at radius 3 is 2.20 bits per heavy atom. The van der Waals surface area contributed by atoms with E-state index in [4.69, 9.17) is 0 Å². The predicted molar refractivity (Wildman–Crippen MR) is 75.4 cm³/mol. The van der Waals surface area contributed by atoms with Crippen molar-refractivity contribution in [3.63, 3.8) is 0 Å². The van der Waals surface area contributed by atoms with Gasteiger partial charge in [-0.15, -0.1) is 0 Å². The summed E-state index contributed by atoms with van der Waals surface area (Å²) in [6.07, 6.45) is 3.16. The number of hydrogen-bond acceptors (Lipinski definition) is 4. The monoisotopic (exact) mass is 272 g/mol. The van der Waals surface area contributed by atoms with Crippen LogP contribution in [-0.2, 0) is 4.74 Å². The topological polar surface area (TPSA) is 68.3 Å². The molecule has 1 heterocycles. The van der Waals surface area contributed by atoms with E-state index in [1.54, 1.807) is 49.6 Å². The highest BCUT2D eigenvalue weighted by atomic mass is 16.5. The molecule has 2 aromatic rings. The Morgan fingerprint density at radius 1 is 1.05 bits per heavy atom. The summed E-state index contributed by atoms with van der Waals surface area (Å²) < 4.78 is 4.50. The smallest absolute Gasteiger partial charge is 0.337 e. The summed E-state index contributed by atoms with van der Waals surface area (Å²) in [4.78, 5) is 25.4. The lowest BCUT2D eigenvalue weighted by molar-refractivity contribution is 0.0600. The van der Waals surface area contributed by atoms with Crippen LogP contribution in [-0.4, -0.2) is 31.0 Å². The molecule has 1 N–H and O–H groups in total. The van der Waals surface area contributed by atoms with Crippen molar-refractivity contribution in [3.8, 4) is 0 Å². The molecule has 0 bridgehead atoms. The van der Waals surface area contributed by atoms with Gasteiger partial charge in [0.15, 0.2) is 0 Å². The van der Waals surface area contributed by atoms with E-state index in [-0.39, 0.29) is 11.9 Å². The molecule has 0 radical (unpaired) electrons. The van der Waals surface area contributed by atoms with Crippen LogP contribution >= 0.6 is 0 Å². The molecule has 0 unspecified atom stereocenters. The van der Waals surface area contributed by atoms with Gasteiger partial charge in [-0.3, -0.25) is 9.78 Å². The maximum Gasteiger partial charge on any atom is 0.337 e. The van der Waals surface area contributed by atoms with Crippen molar-refractivity contribution in [2.24, 2.45) is 0 Å². The zero-order valence-electron chi connectivity index (χ0n) is 11.4. The fourth-order valence-electron chi connectivity index (χ4n) is 1.33. The van der Waals surface area contributed by atoms with Gasteiger partial charge in [-0.25, -0.2) is 4.79 Å². The second-order valence-corrected chi connectivity index (χ2v) is 3.68. The van der Waals surface area contributed by atoms with E-state index in [1.165, 1.54) is 13.3 Å². The summed E-state index contributed by atoms with van der Waals surface area (Å²) in [6.45, 7) is 0. The molecular formula is C15H16N2O3. The van der Waals surface area contributed by atoms with Crippen molar-refractivity contribution in [1.29, 1.82) is 0 Å². The third-order valence-corrected chi connectivity index (χ3v) is 2.35. The number of nitrogens with zero attached hydrogens (tertiary/aromatic N) is 1. The fourth-order valence-corrected chi connectivity index (χ4v) is 1.33. The minimum absolute atomic E-state index is 0.104. The van der Waals surface area contributed by atoms with Crippen molar-refractivity contribution in [1.82, 2.24) is 10.3 Å². The lowest BCUT2D eigenvalue weighted by atomic mass is 10.2. The van der Waals surface area contributed by atoms with E-state index >= 15 is 0 Å². The van der Waals surface area contributed by atoms with Crippen LogP contribution in [0, 0.1) is 0 Å². The molecule has 1 aromatic carbocycles. The van der Waals surface area contributed by atoms with Crippen LogP contribution in [0.15, 0.2) is 54.9 Å². The van der Waals surface area contributed by atoms with Gasteiger partial charge in [-0.05, 0) is 24.3 Å². The van der Waals surface area contributed by atoms with E-state index in [9.17, 15) is 9.59 Å². The van der Waals surface area contributed by atoms with Gasteiger partial charge in [0.2, 0.25) is 0 Å².